The number of aryl methyl sites for hydroxylation is 1. The molecule has 4 N–H and O–H groups in total. The molecule has 2 aromatic rings. The molecule has 0 spiro atoms. The van der Waals surface area contributed by atoms with Crippen molar-refractivity contribution >= 4 is 23.5 Å². The fourth-order valence-electron chi connectivity index (χ4n) is 3.57. The van der Waals surface area contributed by atoms with Gasteiger partial charge in [-0.3, -0.25) is 19.7 Å². The third-order valence-electron chi connectivity index (χ3n) is 5.32. The molecule has 3 amide bonds. The number of benzene rings is 1. The van der Waals surface area contributed by atoms with Gasteiger partial charge in [0.1, 0.15) is 5.82 Å². The van der Waals surface area contributed by atoms with Crippen LogP contribution >= 0.6 is 0 Å². The second-order valence-corrected chi connectivity index (χ2v) is 8.13. The zero-order valence-electron chi connectivity index (χ0n) is 18.1. The van der Waals surface area contributed by atoms with Crippen LogP contribution in [0.4, 0.5) is 5.82 Å². The van der Waals surface area contributed by atoms with E-state index >= 15 is 0 Å². The Balaban J connectivity index is 1.40. The number of rotatable bonds is 5. The molecular weight excluding hydrogens is 416 g/mol. The Morgan fingerprint density at radius 2 is 2.00 bits per heavy atom. The van der Waals surface area contributed by atoms with E-state index in [2.05, 4.69) is 26.4 Å². The molecule has 0 radical (unpaired) electrons. The van der Waals surface area contributed by atoms with Crippen molar-refractivity contribution < 1.29 is 23.9 Å². The zero-order chi connectivity index (χ0) is 22.8. The average molecular weight is 442 g/mol. The van der Waals surface area contributed by atoms with Gasteiger partial charge >= 0.3 is 11.8 Å². The van der Waals surface area contributed by atoms with Crippen molar-refractivity contribution in [3.8, 4) is 11.5 Å². The summed E-state index contributed by atoms with van der Waals surface area (Å²) in [5.41, 5.74) is 1.40. The minimum absolute atomic E-state index is 0.0354. The number of carbonyl (C=O) groups excluding carboxylic acids is 3. The fraction of sp³-hybridized carbons (Fsp3) is 0.429. The number of hydrogen-bond acceptors (Lipinski definition) is 7. The summed E-state index contributed by atoms with van der Waals surface area (Å²) in [5.74, 6) is 0.0302. The van der Waals surface area contributed by atoms with E-state index < -0.39 is 18.1 Å². The predicted molar refractivity (Wildman–Crippen MR) is 114 cm³/mol. The zero-order valence-corrected chi connectivity index (χ0v) is 18.1. The second-order valence-electron chi connectivity index (χ2n) is 8.13. The maximum Gasteiger partial charge on any atom is 0.314 e. The molecule has 2 aliphatic heterocycles. The molecule has 1 aromatic heterocycles. The summed E-state index contributed by atoms with van der Waals surface area (Å²) < 4.78 is 12.0. The van der Waals surface area contributed by atoms with E-state index in [-0.39, 0.29) is 31.2 Å². The summed E-state index contributed by atoms with van der Waals surface area (Å²) in [7, 11) is 0. The maximum absolute atomic E-state index is 12.5. The fourth-order valence-corrected chi connectivity index (χ4v) is 3.57. The maximum atomic E-state index is 12.5. The van der Waals surface area contributed by atoms with Crippen molar-refractivity contribution in [2.24, 2.45) is 5.92 Å². The van der Waals surface area contributed by atoms with Crippen molar-refractivity contribution in [2.45, 2.75) is 46.1 Å². The molecule has 11 heteroatoms. The van der Waals surface area contributed by atoms with Crippen molar-refractivity contribution in [1.82, 2.24) is 25.7 Å². The van der Waals surface area contributed by atoms with Crippen LogP contribution in [0.1, 0.15) is 37.8 Å². The molecule has 1 saturated heterocycles. The van der Waals surface area contributed by atoms with E-state index in [9.17, 15) is 14.4 Å². The van der Waals surface area contributed by atoms with Crippen LogP contribution in [-0.4, -0.2) is 40.3 Å². The standard InChI is InChI=1S/C21H26N6O5/c1-11(2)14-8-18(28)25-21(23-14)27-17(6-12(3)26-27)24-20(30)19(29)22-9-13-4-5-15-16(7-13)32-10-31-15/h4-7,11,14,21,23H,8-10H2,1-3H3,(H,22,29)(H,24,30)(H,25,28). The summed E-state index contributed by atoms with van der Waals surface area (Å²) in [6.07, 6.45) is -0.275. The number of hydrogen-bond donors (Lipinski definition) is 4. The summed E-state index contributed by atoms with van der Waals surface area (Å²) >= 11 is 0. The van der Waals surface area contributed by atoms with Gasteiger partial charge in [0.2, 0.25) is 12.7 Å². The Morgan fingerprint density at radius 3 is 2.78 bits per heavy atom. The average Bonchev–Trinajstić information content (AvgIpc) is 3.37. The van der Waals surface area contributed by atoms with Crippen LogP contribution < -0.4 is 30.7 Å². The lowest BCUT2D eigenvalue weighted by molar-refractivity contribution is -0.136. The highest BCUT2D eigenvalue weighted by Gasteiger charge is 2.31. The minimum atomic E-state index is -0.838. The molecule has 1 fully saturated rings. The Hall–Kier alpha value is -3.60. The highest BCUT2D eigenvalue weighted by molar-refractivity contribution is 6.39. The van der Waals surface area contributed by atoms with Crippen LogP contribution in [0.3, 0.4) is 0 Å². The van der Waals surface area contributed by atoms with Crippen LogP contribution in [0.2, 0.25) is 0 Å². The Bertz CT molecular complexity index is 1050. The molecule has 0 saturated carbocycles. The lowest BCUT2D eigenvalue weighted by atomic mass is 9.99. The first-order chi connectivity index (χ1) is 15.3. The smallest absolute Gasteiger partial charge is 0.314 e. The van der Waals surface area contributed by atoms with Crippen LogP contribution in [0.25, 0.3) is 0 Å². The number of ether oxygens (including phenoxy) is 2. The van der Waals surface area contributed by atoms with E-state index in [4.69, 9.17) is 9.47 Å². The predicted octanol–water partition coefficient (Wildman–Crippen LogP) is 0.765. The van der Waals surface area contributed by atoms with Gasteiger partial charge in [0.15, 0.2) is 17.8 Å². The van der Waals surface area contributed by atoms with Gasteiger partial charge in [0, 0.05) is 25.1 Å². The van der Waals surface area contributed by atoms with E-state index in [1.807, 2.05) is 13.8 Å². The summed E-state index contributed by atoms with van der Waals surface area (Å²) in [6.45, 7) is 6.12. The molecule has 2 aliphatic rings. The topological polar surface area (TPSA) is 136 Å². The number of aromatic nitrogens is 2. The number of carbonyl (C=O) groups is 3. The lowest BCUT2D eigenvalue weighted by Gasteiger charge is -2.34. The van der Waals surface area contributed by atoms with Gasteiger partial charge in [-0.1, -0.05) is 19.9 Å². The molecule has 0 aliphatic carbocycles. The first-order valence-electron chi connectivity index (χ1n) is 10.4. The van der Waals surface area contributed by atoms with Crippen LogP contribution in [-0.2, 0) is 20.9 Å². The molecule has 11 nitrogen and oxygen atoms in total. The van der Waals surface area contributed by atoms with E-state index in [0.29, 0.717) is 29.4 Å². The molecule has 32 heavy (non-hydrogen) atoms. The largest absolute Gasteiger partial charge is 0.454 e. The van der Waals surface area contributed by atoms with Gasteiger partial charge in [-0.2, -0.15) is 5.10 Å². The number of amides is 3. The number of anilines is 1. The van der Waals surface area contributed by atoms with Crippen molar-refractivity contribution in [3.63, 3.8) is 0 Å². The van der Waals surface area contributed by atoms with E-state index in [0.717, 1.165) is 5.56 Å². The normalized spacial score (nSPS) is 19.6. The third-order valence-corrected chi connectivity index (χ3v) is 5.32. The van der Waals surface area contributed by atoms with Crippen molar-refractivity contribution in [2.75, 3.05) is 12.1 Å². The van der Waals surface area contributed by atoms with Crippen molar-refractivity contribution in [3.05, 3.63) is 35.5 Å². The highest BCUT2D eigenvalue weighted by Crippen LogP contribution is 2.32. The summed E-state index contributed by atoms with van der Waals surface area (Å²) in [4.78, 5) is 37.0. The quantitative estimate of drug-likeness (QED) is 0.502. The molecule has 2 unspecified atom stereocenters. The van der Waals surface area contributed by atoms with Gasteiger partial charge in [0.25, 0.3) is 0 Å². The van der Waals surface area contributed by atoms with Crippen LogP contribution in [0, 0.1) is 12.8 Å². The molecule has 2 atom stereocenters. The van der Waals surface area contributed by atoms with Crippen molar-refractivity contribution in [1.29, 1.82) is 0 Å². The highest BCUT2D eigenvalue weighted by atomic mass is 16.7. The molecular formula is C21H26N6O5. The number of nitrogens with zero attached hydrogens (tertiary/aromatic N) is 2. The first-order valence-corrected chi connectivity index (χ1v) is 10.4. The van der Waals surface area contributed by atoms with Gasteiger partial charge in [0.05, 0.1) is 5.69 Å². The number of nitrogens with one attached hydrogen (secondary N) is 4. The van der Waals surface area contributed by atoms with Crippen LogP contribution in [0.5, 0.6) is 11.5 Å². The van der Waals surface area contributed by atoms with Gasteiger partial charge < -0.3 is 25.4 Å². The first kappa shape index (κ1) is 21.6. The summed E-state index contributed by atoms with van der Waals surface area (Å²) in [6, 6.07) is 6.89. The molecule has 1 aromatic carbocycles. The SMILES string of the molecule is Cc1cc(NC(=O)C(=O)NCc2ccc3c(c2)OCO3)n(C2NC(=O)CC(C(C)C)N2)n1. The second kappa shape index (κ2) is 8.87. The Kier molecular flexibility index (Phi) is 5.99. The Labute approximate surface area is 184 Å². The van der Waals surface area contributed by atoms with E-state index in [1.165, 1.54) is 4.68 Å². The number of fused-ring (bicyclic) bond motifs is 1. The molecule has 4 rings (SSSR count). The summed E-state index contributed by atoms with van der Waals surface area (Å²) in [5, 5.41) is 15.7. The van der Waals surface area contributed by atoms with E-state index in [1.54, 1.807) is 31.2 Å². The Morgan fingerprint density at radius 1 is 1.22 bits per heavy atom. The third kappa shape index (κ3) is 4.67. The molecule has 170 valence electrons. The molecule has 0 bridgehead atoms. The van der Waals surface area contributed by atoms with Crippen LogP contribution in [0.15, 0.2) is 24.3 Å². The molecule has 3 heterocycles. The van der Waals surface area contributed by atoms with Gasteiger partial charge in [-0.25, -0.2) is 4.68 Å². The minimum Gasteiger partial charge on any atom is -0.454 e. The monoisotopic (exact) mass is 442 g/mol. The lowest BCUT2D eigenvalue weighted by Crippen LogP contribution is -2.55. The van der Waals surface area contributed by atoms with Gasteiger partial charge in [-0.15, -0.1) is 0 Å². The van der Waals surface area contributed by atoms with Gasteiger partial charge in [-0.05, 0) is 30.5 Å².